The molecule has 0 spiro atoms. The monoisotopic (exact) mass is 210 g/mol. The third kappa shape index (κ3) is 2.83. The Morgan fingerprint density at radius 1 is 1.67 bits per heavy atom. The van der Waals surface area contributed by atoms with Crippen LogP contribution in [0.1, 0.15) is 32.6 Å². The zero-order chi connectivity index (χ0) is 11.5. The maximum Gasteiger partial charge on any atom is 0.227 e. The molecule has 0 bridgehead atoms. The molecule has 1 aromatic rings. The zero-order valence-corrected chi connectivity index (χ0v) is 9.41. The van der Waals surface area contributed by atoms with Gasteiger partial charge in [0, 0.05) is 6.54 Å². The number of carbonyl (C=O) groups is 1. The Kier molecular flexibility index (Phi) is 3.52. The lowest BCUT2D eigenvalue weighted by Crippen LogP contribution is -2.42. The number of amides is 1. The quantitative estimate of drug-likeness (QED) is 0.790. The fourth-order valence-electron chi connectivity index (χ4n) is 1.09. The fourth-order valence-corrected chi connectivity index (χ4v) is 1.09. The number of nitrogens with one attached hydrogen (secondary N) is 1. The molecule has 1 rings (SSSR count). The maximum absolute atomic E-state index is 11.8. The molecule has 0 aliphatic rings. The van der Waals surface area contributed by atoms with E-state index in [0.717, 1.165) is 5.76 Å². The summed E-state index contributed by atoms with van der Waals surface area (Å²) in [6.45, 7) is 5.83. The first kappa shape index (κ1) is 11.8. The molecule has 0 aliphatic heterocycles. The highest BCUT2D eigenvalue weighted by Gasteiger charge is 2.27. The van der Waals surface area contributed by atoms with Crippen LogP contribution in [-0.4, -0.2) is 12.5 Å². The molecule has 0 radical (unpaired) electrons. The lowest BCUT2D eigenvalue weighted by Gasteiger charge is -2.23. The molecule has 15 heavy (non-hydrogen) atoms. The molecule has 84 valence electrons. The van der Waals surface area contributed by atoms with Crippen LogP contribution in [0.3, 0.4) is 0 Å². The predicted molar refractivity (Wildman–Crippen MR) is 58.1 cm³/mol. The Hall–Kier alpha value is -1.29. The SMILES string of the molecule is C[C@H](NC(=O)C(C)(C)CN)c1ccco1. The van der Waals surface area contributed by atoms with E-state index in [1.54, 1.807) is 12.3 Å². The van der Waals surface area contributed by atoms with Crippen molar-refractivity contribution in [1.82, 2.24) is 5.32 Å². The van der Waals surface area contributed by atoms with Gasteiger partial charge in [0.25, 0.3) is 0 Å². The molecule has 0 unspecified atom stereocenters. The highest BCUT2D eigenvalue weighted by atomic mass is 16.3. The smallest absolute Gasteiger partial charge is 0.227 e. The van der Waals surface area contributed by atoms with E-state index in [0.29, 0.717) is 6.54 Å². The molecule has 0 aromatic carbocycles. The van der Waals surface area contributed by atoms with Crippen molar-refractivity contribution in [1.29, 1.82) is 0 Å². The van der Waals surface area contributed by atoms with E-state index in [9.17, 15) is 4.79 Å². The van der Waals surface area contributed by atoms with Crippen molar-refractivity contribution in [2.45, 2.75) is 26.8 Å². The first-order valence-corrected chi connectivity index (χ1v) is 5.02. The lowest BCUT2D eigenvalue weighted by atomic mass is 9.92. The van der Waals surface area contributed by atoms with E-state index in [1.807, 2.05) is 26.8 Å². The molecule has 4 heteroatoms. The molecular formula is C11H18N2O2. The number of rotatable bonds is 4. The van der Waals surface area contributed by atoms with Crippen molar-refractivity contribution in [3.05, 3.63) is 24.2 Å². The Balaban J connectivity index is 2.60. The van der Waals surface area contributed by atoms with Crippen LogP contribution in [-0.2, 0) is 4.79 Å². The average molecular weight is 210 g/mol. The van der Waals surface area contributed by atoms with Gasteiger partial charge in [-0.1, -0.05) is 0 Å². The maximum atomic E-state index is 11.8. The molecule has 3 N–H and O–H groups in total. The van der Waals surface area contributed by atoms with Crippen molar-refractivity contribution < 1.29 is 9.21 Å². The molecule has 0 saturated carbocycles. The van der Waals surface area contributed by atoms with Crippen molar-refractivity contribution in [2.75, 3.05) is 6.54 Å². The number of carbonyl (C=O) groups excluding carboxylic acids is 1. The third-order valence-corrected chi connectivity index (χ3v) is 2.44. The normalized spacial score (nSPS) is 13.6. The summed E-state index contributed by atoms with van der Waals surface area (Å²) in [4.78, 5) is 11.8. The van der Waals surface area contributed by atoms with Crippen LogP contribution in [0.5, 0.6) is 0 Å². The summed E-state index contributed by atoms with van der Waals surface area (Å²) < 4.78 is 5.20. The standard InChI is InChI=1S/C11H18N2O2/c1-8(9-5-4-6-15-9)13-10(14)11(2,3)7-12/h4-6,8H,7,12H2,1-3H3,(H,13,14)/t8-/m0/s1. The summed E-state index contributed by atoms with van der Waals surface area (Å²) in [5.74, 6) is 0.685. The largest absolute Gasteiger partial charge is 0.467 e. The van der Waals surface area contributed by atoms with E-state index in [2.05, 4.69) is 5.32 Å². The second-order valence-corrected chi connectivity index (χ2v) is 4.30. The third-order valence-electron chi connectivity index (χ3n) is 2.44. The molecule has 1 amide bonds. The summed E-state index contributed by atoms with van der Waals surface area (Å²) in [5, 5.41) is 2.86. The molecule has 0 aliphatic carbocycles. The first-order chi connectivity index (χ1) is 6.97. The van der Waals surface area contributed by atoms with Crippen LogP contribution < -0.4 is 11.1 Å². The van der Waals surface area contributed by atoms with Crippen molar-refractivity contribution in [2.24, 2.45) is 11.1 Å². The highest BCUT2D eigenvalue weighted by molar-refractivity contribution is 5.82. The van der Waals surface area contributed by atoms with Gasteiger partial charge in [-0.05, 0) is 32.9 Å². The van der Waals surface area contributed by atoms with E-state index >= 15 is 0 Å². The van der Waals surface area contributed by atoms with Gasteiger partial charge in [-0.2, -0.15) is 0 Å². The van der Waals surface area contributed by atoms with Crippen molar-refractivity contribution in [3.63, 3.8) is 0 Å². The van der Waals surface area contributed by atoms with Gasteiger partial charge in [0.1, 0.15) is 5.76 Å². The Morgan fingerprint density at radius 3 is 2.80 bits per heavy atom. The van der Waals surface area contributed by atoms with Crippen LogP contribution in [0.25, 0.3) is 0 Å². The number of nitrogens with two attached hydrogens (primary N) is 1. The van der Waals surface area contributed by atoms with E-state index in [-0.39, 0.29) is 11.9 Å². The van der Waals surface area contributed by atoms with Gasteiger partial charge < -0.3 is 15.5 Å². The van der Waals surface area contributed by atoms with Gasteiger partial charge in [0.15, 0.2) is 0 Å². The van der Waals surface area contributed by atoms with Crippen molar-refractivity contribution in [3.8, 4) is 0 Å². The van der Waals surface area contributed by atoms with Gasteiger partial charge in [-0.25, -0.2) is 0 Å². The number of hydrogen-bond acceptors (Lipinski definition) is 3. The molecule has 1 aromatic heterocycles. The minimum Gasteiger partial charge on any atom is -0.467 e. The minimum atomic E-state index is -0.541. The molecule has 0 fully saturated rings. The van der Waals surface area contributed by atoms with E-state index in [1.165, 1.54) is 0 Å². The summed E-state index contributed by atoms with van der Waals surface area (Å²) >= 11 is 0. The molecule has 1 atom stereocenters. The minimum absolute atomic E-state index is 0.0612. The molecule has 4 nitrogen and oxygen atoms in total. The Morgan fingerprint density at radius 2 is 2.33 bits per heavy atom. The van der Waals surface area contributed by atoms with Gasteiger partial charge in [-0.3, -0.25) is 4.79 Å². The van der Waals surface area contributed by atoms with Crippen LogP contribution in [0, 0.1) is 5.41 Å². The second-order valence-electron chi connectivity index (χ2n) is 4.30. The molecular weight excluding hydrogens is 192 g/mol. The van der Waals surface area contributed by atoms with Gasteiger partial charge in [-0.15, -0.1) is 0 Å². The number of furan rings is 1. The zero-order valence-electron chi connectivity index (χ0n) is 9.41. The molecule has 1 heterocycles. The van der Waals surface area contributed by atoms with Crippen LogP contribution >= 0.6 is 0 Å². The summed E-state index contributed by atoms with van der Waals surface area (Å²) in [5.41, 5.74) is 4.98. The first-order valence-electron chi connectivity index (χ1n) is 5.02. The van der Waals surface area contributed by atoms with Crippen LogP contribution in [0.15, 0.2) is 22.8 Å². The predicted octanol–water partition coefficient (Wildman–Crippen LogP) is 1.44. The van der Waals surface area contributed by atoms with Crippen LogP contribution in [0.2, 0.25) is 0 Å². The van der Waals surface area contributed by atoms with Crippen molar-refractivity contribution >= 4 is 5.91 Å². The molecule has 0 saturated heterocycles. The summed E-state index contributed by atoms with van der Waals surface area (Å²) in [6.07, 6.45) is 1.59. The second kappa shape index (κ2) is 4.49. The Bertz CT molecular complexity index is 317. The van der Waals surface area contributed by atoms with Gasteiger partial charge in [0.05, 0.1) is 17.7 Å². The fraction of sp³-hybridized carbons (Fsp3) is 0.545. The summed E-state index contributed by atoms with van der Waals surface area (Å²) in [6, 6.07) is 3.50. The summed E-state index contributed by atoms with van der Waals surface area (Å²) in [7, 11) is 0. The highest BCUT2D eigenvalue weighted by Crippen LogP contribution is 2.17. The Labute approximate surface area is 89.8 Å². The van der Waals surface area contributed by atoms with Gasteiger partial charge >= 0.3 is 0 Å². The average Bonchev–Trinajstić information content (AvgIpc) is 2.70. The lowest BCUT2D eigenvalue weighted by molar-refractivity contribution is -0.129. The van der Waals surface area contributed by atoms with E-state index < -0.39 is 5.41 Å². The van der Waals surface area contributed by atoms with Crippen LogP contribution in [0.4, 0.5) is 0 Å². The topological polar surface area (TPSA) is 68.3 Å². The number of hydrogen-bond donors (Lipinski definition) is 2. The van der Waals surface area contributed by atoms with Gasteiger partial charge in [0.2, 0.25) is 5.91 Å². The van der Waals surface area contributed by atoms with E-state index in [4.69, 9.17) is 10.2 Å².